The number of hydrogen-bond acceptors (Lipinski definition) is 4. The number of carbonyl (C=O) groups excluding carboxylic acids is 1. The van der Waals surface area contributed by atoms with E-state index < -0.39 is 0 Å². The first-order chi connectivity index (χ1) is 11.2. The molecule has 1 aliphatic carbocycles. The fourth-order valence-electron chi connectivity index (χ4n) is 3.22. The van der Waals surface area contributed by atoms with Crippen LogP contribution in [0.25, 0.3) is 0 Å². The topological polar surface area (TPSA) is 44.4 Å². The lowest BCUT2D eigenvalue weighted by atomic mass is 9.97. The van der Waals surface area contributed by atoms with E-state index in [4.69, 9.17) is 0 Å². The van der Waals surface area contributed by atoms with E-state index >= 15 is 0 Å². The zero-order valence-electron chi connectivity index (χ0n) is 14.1. The van der Waals surface area contributed by atoms with E-state index in [1.807, 2.05) is 0 Å². The first kappa shape index (κ1) is 16.9. The lowest BCUT2D eigenvalue weighted by molar-refractivity contribution is -0.120. The molecule has 1 atom stereocenters. The maximum absolute atomic E-state index is 12.1. The number of nitrogens with one attached hydrogen (secondary N) is 2. The maximum atomic E-state index is 12.1. The highest BCUT2D eigenvalue weighted by Gasteiger charge is 2.26. The van der Waals surface area contributed by atoms with Crippen molar-refractivity contribution in [2.45, 2.75) is 38.6 Å². The van der Waals surface area contributed by atoms with Crippen LogP contribution in [0.2, 0.25) is 0 Å². The maximum Gasteiger partial charge on any atom is 0.234 e. The molecule has 23 heavy (non-hydrogen) atoms. The molecule has 0 bridgehead atoms. The summed E-state index contributed by atoms with van der Waals surface area (Å²) < 4.78 is 0. The van der Waals surface area contributed by atoms with Gasteiger partial charge in [-0.25, -0.2) is 0 Å². The van der Waals surface area contributed by atoms with Gasteiger partial charge in [-0.05, 0) is 68.6 Å². The summed E-state index contributed by atoms with van der Waals surface area (Å²) in [4.78, 5) is 16.0. The normalized spacial score (nSPS) is 21.3. The first-order valence-corrected chi connectivity index (χ1v) is 9.85. The van der Waals surface area contributed by atoms with Crippen LogP contribution in [0, 0.1) is 11.8 Å². The van der Waals surface area contributed by atoms with E-state index in [2.05, 4.69) is 40.0 Å². The van der Waals surface area contributed by atoms with Gasteiger partial charge in [-0.15, -0.1) is 11.3 Å². The Morgan fingerprint density at radius 3 is 2.78 bits per heavy atom. The van der Waals surface area contributed by atoms with Crippen LogP contribution in [0.4, 0.5) is 0 Å². The molecule has 2 aliphatic rings. The van der Waals surface area contributed by atoms with Crippen molar-refractivity contribution in [2.24, 2.45) is 11.8 Å². The first-order valence-electron chi connectivity index (χ1n) is 8.97. The molecule has 0 aromatic carbocycles. The van der Waals surface area contributed by atoms with Gasteiger partial charge in [0.25, 0.3) is 0 Å². The summed E-state index contributed by atoms with van der Waals surface area (Å²) in [5, 5.41) is 8.54. The van der Waals surface area contributed by atoms with Crippen molar-refractivity contribution in [1.29, 1.82) is 0 Å². The minimum Gasteiger partial charge on any atom is -0.353 e. The Hall–Kier alpha value is -0.910. The Labute approximate surface area is 143 Å². The van der Waals surface area contributed by atoms with Crippen molar-refractivity contribution in [2.75, 3.05) is 32.7 Å². The minimum atomic E-state index is 0.123. The van der Waals surface area contributed by atoms with Crippen molar-refractivity contribution in [3.05, 3.63) is 22.4 Å². The zero-order chi connectivity index (χ0) is 16.1. The third-order valence-electron chi connectivity index (χ3n) is 5.04. The van der Waals surface area contributed by atoms with E-state index in [0.717, 1.165) is 38.0 Å². The van der Waals surface area contributed by atoms with E-state index in [-0.39, 0.29) is 5.91 Å². The second-order valence-electron chi connectivity index (χ2n) is 7.13. The average Bonchev–Trinajstić information content (AvgIpc) is 3.21. The number of nitrogens with zero attached hydrogens (tertiary/aromatic N) is 1. The molecule has 1 aromatic rings. The van der Waals surface area contributed by atoms with Crippen LogP contribution in [0.3, 0.4) is 0 Å². The van der Waals surface area contributed by atoms with Crippen molar-refractivity contribution in [3.63, 3.8) is 0 Å². The highest BCUT2D eigenvalue weighted by atomic mass is 32.1. The lowest BCUT2D eigenvalue weighted by Gasteiger charge is -2.36. The second kappa shape index (κ2) is 8.27. The molecule has 1 aromatic heterocycles. The third-order valence-corrected chi connectivity index (χ3v) is 6.01. The second-order valence-corrected chi connectivity index (χ2v) is 8.11. The van der Waals surface area contributed by atoms with E-state index in [1.165, 1.54) is 30.6 Å². The molecule has 128 valence electrons. The molecule has 3 rings (SSSR count). The minimum absolute atomic E-state index is 0.123. The third kappa shape index (κ3) is 5.30. The highest BCUT2D eigenvalue weighted by Crippen LogP contribution is 2.29. The van der Waals surface area contributed by atoms with E-state index in [0.29, 0.717) is 12.6 Å². The monoisotopic (exact) mass is 335 g/mol. The van der Waals surface area contributed by atoms with Crippen LogP contribution in [0.1, 0.15) is 43.5 Å². The predicted molar refractivity (Wildman–Crippen MR) is 95.6 cm³/mol. The van der Waals surface area contributed by atoms with Gasteiger partial charge in [0.2, 0.25) is 5.91 Å². The van der Waals surface area contributed by atoms with Gasteiger partial charge >= 0.3 is 0 Å². The lowest BCUT2D eigenvalue weighted by Crippen LogP contribution is -2.43. The van der Waals surface area contributed by atoms with Crippen LogP contribution in [0.5, 0.6) is 0 Å². The largest absolute Gasteiger partial charge is 0.353 e. The SMILES string of the molecule is CC1CCN(C(CNC(=O)CNCC2CC2)c2cccs2)CC1. The van der Waals surface area contributed by atoms with Crippen LogP contribution in [-0.2, 0) is 4.79 Å². The molecule has 4 nitrogen and oxygen atoms in total. The molecule has 0 radical (unpaired) electrons. The Bertz CT molecular complexity index is 478. The van der Waals surface area contributed by atoms with Gasteiger partial charge in [0, 0.05) is 11.4 Å². The number of amides is 1. The van der Waals surface area contributed by atoms with Crippen molar-refractivity contribution >= 4 is 17.2 Å². The molecule has 2 N–H and O–H groups in total. The van der Waals surface area contributed by atoms with Gasteiger partial charge in [0.05, 0.1) is 12.6 Å². The standard InChI is InChI=1S/C18H29N3OS/c1-14-6-8-21(9-7-14)16(17-3-2-10-23-17)12-20-18(22)13-19-11-15-4-5-15/h2-3,10,14-16,19H,4-9,11-13H2,1H3,(H,20,22). The molecule has 2 fully saturated rings. The zero-order valence-corrected chi connectivity index (χ0v) is 14.9. The van der Waals surface area contributed by atoms with Crippen molar-refractivity contribution in [3.8, 4) is 0 Å². The molecule has 1 unspecified atom stereocenters. The quantitative estimate of drug-likeness (QED) is 0.768. The fraction of sp³-hybridized carbons (Fsp3) is 0.722. The van der Waals surface area contributed by atoms with Crippen LogP contribution in [0.15, 0.2) is 17.5 Å². The highest BCUT2D eigenvalue weighted by molar-refractivity contribution is 7.10. The molecule has 1 saturated heterocycles. The molecular formula is C18H29N3OS. The smallest absolute Gasteiger partial charge is 0.234 e. The average molecular weight is 336 g/mol. The Morgan fingerprint density at radius 2 is 2.13 bits per heavy atom. The predicted octanol–water partition coefficient (Wildman–Crippen LogP) is 2.64. The summed E-state index contributed by atoms with van der Waals surface area (Å²) in [5.41, 5.74) is 0. The number of rotatable bonds is 8. The molecule has 1 aliphatic heterocycles. The summed E-state index contributed by atoms with van der Waals surface area (Å²) in [6.07, 6.45) is 5.17. The van der Waals surface area contributed by atoms with Gasteiger partial charge < -0.3 is 10.6 Å². The molecular weight excluding hydrogens is 306 g/mol. The van der Waals surface area contributed by atoms with Crippen molar-refractivity contribution < 1.29 is 4.79 Å². The number of hydrogen-bond donors (Lipinski definition) is 2. The Kier molecular flexibility index (Phi) is 6.08. The van der Waals surface area contributed by atoms with E-state index in [9.17, 15) is 4.79 Å². The van der Waals surface area contributed by atoms with Gasteiger partial charge in [0.1, 0.15) is 0 Å². The summed E-state index contributed by atoms with van der Waals surface area (Å²) in [6.45, 7) is 6.78. The van der Waals surface area contributed by atoms with Gasteiger partial charge in [-0.3, -0.25) is 9.69 Å². The van der Waals surface area contributed by atoms with E-state index in [1.54, 1.807) is 11.3 Å². The number of carbonyl (C=O) groups is 1. The Balaban J connectivity index is 1.48. The number of piperidine rings is 1. The molecule has 2 heterocycles. The fourth-order valence-corrected chi connectivity index (χ4v) is 4.08. The molecule has 1 saturated carbocycles. The molecule has 1 amide bonds. The molecule has 0 spiro atoms. The van der Waals surface area contributed by atoms with Crippen LogP contribution in [-0.4, -0.2) is 43.5 Å². The Morgan fingerprint density at radius 1 is 1.35 bits per heavy atom. The van der Waals surface area contributed by atoms with Gasteiger partial charge in [-0.2, -0.15) is 0 Å². The number of thiophene rings is 1. The summed E-state index contributed by atoms with van der Waals surface area (Å²) in [6, 6.07) is 4.64. The summed E-state index contributed by atoms with van der Waals surface area (Å²) in [7, 11) is 0. The number of likely N-dealkylation sites (tertiary alicyclic amines) is 1. The van der Waals surface area contributed by atoms with Crippen LogP contribution < -0.4 is 10.6 Å². The van der Waals surface area contributed by atoms with Gasteiger partial charge in [-0.1, -0.05) is 13.0 Å². The molecule has 5 heteroatoms. The summed E-state index contributed by atoms with van der Waals surface area (Å²) in [5.74, 6) is 1.77. The van der Waals surface area contributed by atoms with Crippen molar-refractivity contribution in [1.82, 2.24) is 15.5 Å². The van der Waals surface area contributed by atoms with Gasteiger partial charge in [0.15, 0.2) is 0 Å². The van der Waals surface area contributed by atoms with Crippen LogP contribution >= 0.6 is 11.3 Å². The summed E-state index contributed by atoms with van der Waals surface area (Å²) >= 11 is 1.80.